The lowest BCUT2D eigenvalue weighted by molar-refractivity contribution is -0.870. The number of hydrogen-bond donors (Lipinski definition) is 1. The summed E-state index contributed by atoms with van der Waals surface area (Å²) < 4.78 is 34.3. The van der Waals surface area contributed by atoms with Crippen LogP contribution in [0.4, 0.5) is 0 Å². The Morgan fingerprint density at radius 1 is 0.519 bits per heavy atom. The van der Waals surface area contributed by atoms with E-state index in [0.717, 1.165) is 38.5 Å². The van der Waals surface area contributed by atoms with Crippen LogP contribution in [0.5, 0.6) is 0 Å². The van der Waals surface area contributed by atoms with Gasteiger partial charge in [-0.25, -0.2) is 4.57 Å². The summed E-state index contributed by atoms with van der Waals surface area (Å²) in [5.41, 5.74) is 0. The molecule has 0 aliphatic rings. The zero-order chi connectivity index (χ0) is 38.6. The first-order valence-corrected chi connectivity index (χ1v) is 23.3. The van der Waals surface area contributed by atoms with E-state index >= 15 is 0 Å². The molecule has 52 heavy (non-hydrogen) atoms. The number of rotatable bonds is 40. The molecule has 0 aromatic carbocycles. The summed E-state index contributed by atoms with van der Waals surface area (Å²) in [7, 11) is 1.49. The van der Waals surface area contributed by atoms with Crippen LogP contribution < -0.4 is 0 Å². The lowest BCUT2D eigenvalue weighted by atomic mass is 10.0. The molecule has 0 heterocycles. The molecule has 10 heteroatoms. The molecule has 0 aromatic heterocycles. The highest BCUT2D eigenvalue weighted by molar-refractivity contribution is 7.47. The number of likely N-dealkylation sites (N-methyl/N-ethyl adjacent to an activating group) is 1. The topological polar surface area (TPSA) is 108 Å². The number of unbranched alkanes of at least 4 members (excludes halogenated alkanes) is 26. The van der Waals surface area contributed by atoms with Crippen molar-refractivity contribution < 1.29 is 42.1 Å². The van der Waals surface area contributed by atoms with Gasteiger partial charge in [0.05, 0.1) is 27.7 Å². The molecular formula is C42H85NO8P+. The molecule has 0 rings (SSSR count). The number of carbonyl (C=O) groups excluding carboxylic acids is 2. The van der Waals surface area contributed by atoms with Gasteiger partial charge in [-0.1, -0.05) is 181 Å². The van der Waals surface area contributed by atoms with Crippen LogP contribution in [0, 0.1) is 0 Å². The highest BCUT2D eigenvalue weighted by Crippen LogP contribution is 2.43. The van der Waals surface area contributed by atoms with E-state index in [1.807, 2.05) is 21.1 Å². The molecule has 0 fully saturated rings. The minimum absolute atomic E-state index is 0.0367. The van der Waals surface area contributed by atoms with E-state index in [1.54, 1.807) is 0 Å². The van der Waals surface area contributed by atoms with E-state index in [4.69, 9.17) is 18.5 Å². The summed E-state index contributed by atoms with van der Waals surface area (Å²) in [6.07, 6.45) is 34.3. The Hall–Kier alpha value is -0.990. The third-order valence-corrected chi connectivity index (χ3v) is 10.6. The fourth-order valence-corrected chi connectivity index (χ4v) is 6.93. The molecule has 0 saturated carbocycles. The van der Waals surface area contributed by atoms with E-state index in [0.29, 0.717) is 17.4 Å². The summed E-state index contributed by atoms with van der Waals surface area (Å²) in [6, 6.07) is 0. The van der Waals surface area contributed by atoms with Gasteiger partial charge in [0.15, 0.2) is 6.10 Å². The van der Waals surface area contributed by atoms with Crippen molar-refractivity contribution in [2.45, 2.75) is 213 Å². The van der Waals surface area contributed by atoms with Gasteiger partial charge in [-0.15, -0.1) is 0 Å². The average molecular weight is 763 g/mol. The van der Waals surface area contributed by atoms with Crippen LogP contribution in [0.3, 0.4) is 0 Å². The Balaban J connectivity index is 4.32. The van der Waals surface area contributed by atoms with Crippen LogP contribution in [0.1, 0.15) is 206 Å². The van der Waals surface area contributed by atoms with E-state index in [9.17, 15) is 19.0 Å². The van der Waals surface area contributed by atoms with Crippen molar-refractivity contribution in [1.82, 2.24) is 0 Å². The maximum Gasteiger partial charge on any atom is 0.472 e. The lowest BCUT2D eigenvalue weighted by Gasteiger charge is -2.24. The molecule has 0 amide bonds. The number of ether oxygens (including phenoxy) is 2. The van der Waals surface area contributed by atoms with Crippen LogP contribution >= 0.6 is 7.82 Å². The first-order chi connectivity index (χ1) is 25.0. The molecule has 0 aromatic rings. The SMILES string of the molecule is CCCCCCCCCCCCCCCCCCC(=O)O[C@H](COC(=O)CCCCCCCCCCCCCC)COP(=O)(O)OCC[N+](C)(C)C. The van der Waals surface area contributed by atoms with Crippen molar-refractivity contribution >= 4 is 19.8 Å². The number of carbonyl (C=O) groups is 2. The zero-order valence-electron chi connectivity index (χ0n) is 34.8. The zero-order valence-corrected chi connectivity index (χ0v) is 35.7. The minimum Gasteiger partial charge on any atom is -0.462 e. The molecule has 0 aliphatic heterocycles. The van der Waals surface area contributed by atoms with Crippen molar-refractivity contribution in [3.63, 3.8) is 0 Å². The third kappa shape index (κ3) is 38.7. The summed E-state index contributed by atoms with van der Waals surface area (Å²) in [4.78, 5) is 35.3. The number of phosphoric ester groups is 1. The van der Waals surface area contributed by atoms with Gasteiger partial charge in [0.1, 0.15) is 19.8 Å². The largest absolute Gasteiger partial charge is 0.472 e. The Kier molecular flexibility index (Phi) is 35.0. The second kappa shape index (κ2) is 35.7. The first kappa shape index (κ1) is 51.0. The smallest absolute Gasteiger partial charge is 0.462 e. The molecular weight excluding hydrogens is 677 g/mol. The molecule has 1 N–H and O–H groups in total. The van der Waals surface area contributed by atoms with E-state index in [1.165, 1.54) is 141 Å². The average Bonchev–Trinajstić information content (AvgIpc) is 3.09. The fraction of sp³-hybridized carbons (Fsp3) is 0.952. The Morgan fingerprint density at radius 3 is 1.23 bits per heavy atom. The maximum absolute atomic E-state index is 12.7. The summed E-state index contributed by atoms with van der Waals surface area (Å²) >= 11 is 0. The van der Waals surface area contributed by atoms with Gasteiger partial charge >= 0.3 is 19.8 Å². The normalized spacial score (nSPS) is 13.6. The predicted molar refractivity (Wildman–Crippen MR) is 215 cm³/mol. The lowest BCUT2D eigenvalue weighted by Crippen LogP contribution is -2.37. The number of hydrogen-bond acceptors (Lipinski definition) is 7. The molecule has 0 bridgehead atoms. The standard InChI is InChI=1S/C42H84NO8P/c1-6-8-10-12-14-16-18-20-21-22-23-25-27-29-31-33-35-42(45)51-40(39-50-52(46,47)49-37-36-43(3,4)5)38-48-41(44)34-32-30-28-26-24-19-17-15-13-11-9-7-2/h40H,6-39H2,1-5H3/p+1/t40-/m1/s1. The van der Waals surface area contributed by atoms with Crippen LogP contribution in [-0.2, 0) is 32.7 Å². The van der Waals surface area contributed by atoms with Crippen molar-refractivity contribution in [3.05, 3.63) is 0 Å². The fourth-order valence-electron chi connectivity index (χ4n) is 6.19. The first-order valence-electron chi connectivity index (χ1n) is 21.8. The second-order valence-corrected chi connectivity index (χ2v) is 17.6. The van der Waals surface area contributed by atoms with Gasteiger partial charge in [0.25, 0.3) is 0 Å². The quantitative estimate of drug-likeness (QED) is 0.0284. The molecule has 1 unspecified atom stereocenters. The van der Waals surface area contributed by atoms with Crippen LogP contribution in [0.25, 0.3) is 0 Å². The Labute approximate surface area is 321 Å². The van der Waals surface area contributed by atoms with Crippen LogP contribution in [0.15, 0.2) is 0 Å². The summed E-state index contributed by atoms with van der Waals surface area (Å²) in [5, 5.41) is 0. The highest BCUT2D eigenvalue weighted by atomic mass is 31.2. The van der Waals surface area contributed by atoms with Crippen molar-refractivity contribution in [2.24, 2.45) is 0 Å². The number of phosphoric acid groups is 1. The molecule has 0 saturated heterocycles. The molecule has 0 spiro atoms. The Bertz CT molecular complexity index is 865. The molecule has 2 atom stereocenters. The van der Waals surface area contributed by atoms with E-state index in [-0.39, 0.29) is 25.6 Å². The molecule has 0 aliphatic carbocycles. The van der Waals surface area contributed by atoms with Gasteiger partial charge in [0.2, 0.25) is 0 Å². The van der Waals surface area contributed by atoms with Gasteiger partial charge in [0, 0.05) is 12.8 Å². The summed E-state index contributed by atoms with van der Waals surface area (Å²) in [5.74, 6) is -0.785. The van der Waals surface area contributed by atoms with E-state index < -0.39 is 26.5 Å². The maximum atomic E-state index is 12.7. The third-order valence-electron chi connectivity index (χ3n) is 9.64. The molecule has 9 nitrogen and oxygen atoms in total. The van der Waals surface area contributed by atoms with Gasteiger partial charge < -0.3 is 18.9 Å². The predicted octanol–water partition coefficient (Wildman–Crippen LogP) is 12.0. The highest BCUT2D eigenvalue weighted by Gasteiger charge is 2.27. The van der Waals surface area contributed by atoms with Gasteiger partial charge in [-0.05, 0) is 12.8 Å². The number of esters is 2. The van der Waals surface area contributed by atoms with Gasteiger partial charge in [-0.2, -0.15) is 0 Å². The second-order valence-electron chi connectivity index (χ2n) is 16.1. The Morgan fingerprint density at radius 2 is 0.865 bits per heavy atom. The molecule has 310 valence electrons. The number of quaternary nitrogens is 1. The van der Waals surface area contributed by atoms with Gasteiger partial charge in [-0.3, -0.25) is 18.6 Å². The summed E-state index contributed by atoms with van der Waals surface area (Å²) in [6.45, 7) is 4.45. The minimum atomic E-state index is -4.36. The monoisotopic (exact) mass is 763 g/mol. The van der Waals surface area contributed by atoms with E-state index in [2.05, 4.69) is 13.8 Å². The number of nitrogens with zero attached hydrogens (tertiary/aromatic N) is 1. The van der Waals surface area contributed by atoms with Crippen molar-refractivity contribution in [1.29, 1.82) is 0 Å². The molecule has 0 radical (unpaired) electrons. The van der Waals surface area contributed by atoms with Crippen molar-refractivity contribution in [3.8, 4) is 0 Å². The van der Waals surface area contributed by atoms with Crippen LogP contribution in [-0.4, -0.2) is 74.9 Å². The van der Waals surface area contributed by atoms with Crippen LogP contribution in [0.2, 0.25) is 0 Å². The van der Waals surface area contributed by atoms with Crippen molar-refractivity contribution in [2.75, 3.05) is 47.5 Å².